The molecular formula is C18H25N3O2. The van der Waals surface area contributed by atoms with E-state index in [0.29, 0.717) is 6.54 Å². The van der Waals surface area contributed by atoms with Crippen molar-refractivity contribution < 1.29 is 9.90 Å². The molecule has 23 heavy (non-hydrogen) atoms. The van der Waals surface area contributed by atoms with Gasteiger partial charge in [0.15, 0.2) is 0 Å². The third kappa shape index (κ3) is 4.42. The molecule has 0 spiro atoms. The Labute approximate surface area is 137 Å². The molecule has 0 fully saturated rings. The number of aryl methyl sites for hydroxylation is 2. The van der Waals surface area contributed by atoms with Crippen LogP contribution < -0.4 is 0 Å². The summed E-state index contributed by atoms with van der Waals surface area (Å²) in [6.07, 6.45) is 1.60. The number of carbonyl (C=O) groups excluding carboxylic acids is 1. The van der Waals surface area contributed by atoms with Crippen LogP contribution in [0.4, 0.5) is 0 Å². The fourth-order valence-electron chi connectivity index (χ4n) is 2.59. The molecule has 1 aromatic carbocycles. The maximum Gasteiger partial charge on any atom is 0.253 e. The summed E-state index contributed by atoms with van der Waals surface area (Å²) in [4.78, 5) is 13.5. The number of aromatic nitrogens is 2. The lowest BCUT2D eigenvalue weighted by Gasteiger charge is -2.24. The number of rotatable bonds is 6. The average Bonchev–Trinajstić information content (AvgIpc) is 2.87. The number of benzene rings is 1. The molecule has 0 unspecified atom stereocenters. The van der Waals surface area contributed by atoms with Crippen LogP contribution in [0, 0.1) is 0 Å². The first-order valence-electron chi connectivity index (χ1n) is 7.85. The highest BCUT2D eigenvalue weighted by molar-refractivity contribution is 5.83. The van der Waals surface area contributed by atoms with Gasteiger partial charge in [0, 0.05) is 20.6 Å². The average molecular weight is 315 g/mol. The third-order valence-corrected chi connectivity index (χ3v) is 3.80. The molecule has 1 heterocycles. The lowest BCUT2D eigenvalue weighted by molar-refractivity contribution is -0.146. The minimum Gasteiger partial charge on any atom is -0.381 e. The van der Waals surface area contributed by atoms with Crippen molar-refractivity contribution in [3.05, 3.63) is 42.1 Å². The molecule has 1 amide bonds. The second kappa shape index (κ2) is 6.96. The van der Waals surface area contributed by atoms with Gasteiger partial charge in [0.05, 0.1) is 11.4 Å². The fourth-order valence-corrected chi connectivity index (χ4v) is 2.59. The van der Waals surface area contributed by atoms with Crippen molar-refractivity contribution in [3.63, 3.8) is 0 Å². The quantitative estimate of drug-likeness (QED) is 0.889. The smallest absolute Gasteiger partial charge is 0.253 e. The Bertz CT molecular complexity index is 657. The van der Waals surface area contributed by atoms with Crippen LogP contribution in [-0.4, -0.2) is 44.9 Å². The van der Waals surface area contributed by atoms with Gasteiger partial charge in [0.1, 0.15) is 5.60 Å². The van der Waals surface area contributed by atoms with Crippen molar-refractivity contribution in [1.29, 1.82) is 0 Å². The number of carbonyl (C=O) groups is 1. The Balaban J connectivity index is 1.94. The minimum atomic E-state index is -1.32. The monoisotopic (exact) mass is 315 g/mol. The van der Waals surface area contributed by atoms with E-state index in [1.165, 1.54) is 13.8 Å². The molecule has 1 N–H and O–H groups in total. The molecule has 5 nitrogen and oxygen atoms in total. The minimum absolute atomic E-state index is 0.261. The van der Waals surface area contributed by atoms with E-state index in [0.717, 1.165) is 29.8 Å². The maximum absolute atomic E-state index is 11.9. The summed E-state index contributed by atoms with van der Waals surface area (Å²) in [6.45, 7) is 3.62. The molecule has 1 aromatic heterocycles. The predicted octanol–water partition coefficient (Wildman–Crippen LogP) is 2.25. The van der Waals surface area contributed by atoms with Crippen molar-refractivity contribution in [2.45, 2.75) is 32.3 Å². The molecule has 0 atom stereocenters. The van der Waals surface area contributed by atoms with Crippen molar-refractivity contribution in [2.75, 3.05) is 13.6 Å². The molecule has 124 valence electrons. The topological polar surface area (TPSA) is 58.4 Å². The van der Waals surface area contributed by atoms with Gasteiger partial charge >= 0.3 is 0 Å². The molecular weight excluding hydrogens is 290 g/mol. The van der Waals surface area contributed by atoms with Crippen LogP contribution in [0.3, 0.4) is 0 Å². The molecule has 2 aromatic rings. The summed E-state index contributed by atoms with van der Waals surface area (Å²) >= 11 is 0. The van der Waals surface area contributed by atoms with Crippen LogP contribution in [-0.2, 0) is 18.3 Å². The molecule has 0 aliphatic heterocycles. The zero-order valence-electron chi connectivity index (χ0n) is 14.3. The zero-order valence-corrected chi connectivity index (χ0v) is 14.3. The number of hydrogen-bond acceptors (Lipinski definition) is 3. The van der Waals surface area contributed by atoms with E-state index in [9.17, 15) is 9.90 Å². The van der Waals surface area contributed by atoms with Crippen LogP contribution in [0.15, 0.2) is 36.4 Å². The fraction of sp³-hybridized carbons (Fsp3) is 0.444. The van der Waals surface area contributed by atoms with Gasteiger partial charge in [0.25, 0.3) is 5.91 Å². The van der Waals surface area contributed by atoms with Crippen molar-refractivity contribution in [3.8, 4) is 11.3 Å². The summed E-state index contributed by atoms with van der Waals surface area (Å²) in [5.41, 5.74) is 1.92. The second-order valence-corrected chi connectivity index (χ2v) is 6.40. The zero-order chi connectivity index (χ0) is 17.0. The van der Waals surface area contributed by atoms with Crippen molar-refractivity contribution in [2.24, 2.45) is 7.05 Å². The number of nitrogens with zero attached hydrogens (tertiary/aromatic N) is 3. The highest BCUT2D eigenvalue weighted by Crippen LogP contribution is 2.20. The third-order valence-electron chi connectivity index (χ3n) is 3.80. The highest BCUT2D eigenvalue weighted by Gasteiger charge is 2.26. The van der Waals surface area contributed by atoms with E-state index in [1.807, 2.05) is 29.9 Å². The Kier molecular flexibility index (Phi) is 5.21. The van der Waals surface area contributed by atoms with Gasteiger partial charge in [0.2, 0.25) is 0 Å². The van der Waals surface area contributed by atoms with Crippen molar-refractivity contribution >= 4 is 5.91 Å². The second-order valence-electron chi connectivity index (χ2n) is 6.40. The van der Waals surface area contributed by atoms with E-state index in [4.69, 9.17) is 0 Å². The number of aliphatic hydroxyl groups is 1. The van der Waals surface area contributed by atoms with Crippen LogP contribution in [0.2, 0.25) is 0 Å². The first-order valence-corrected chi connectivity index (χ1v) is 7.85. The number of amides is 1. The number of likely N-dealkylation sites (N-methyl/N-ethyl adjacent to an activating group) is 1. The largest absolute Gasteiger partial charge is 0.381 e. The molecule has 0 radical (unpaired) electrons. The molecule has 0 saturated heterocycles. The molecule has 0 aliphatic carbocycles. The highest BCUT2D eigenvalue weighted by atomic mass is 16.3. The van der Waals surface area contributed by atoms with Gasteiger partial charge in [-0.3, -0.25) is 9.48 Å². The first kappa shape index (κ1) is 17.2. The van der Waals surface area contributed by atoms with E-state index in [1.54, 1.807) is 11.9 Å². The Hall–Kier alpha value is -2.14. The summed E-state index contributed by atoms with van der Waals surface area (Å²) in [7, 11) is 3.66. The summed E-state index contributed by atoms with van der Waals surface area (Å²) in [5.74, 6) is -0.261. The van der Waals surface area contributed by atoms with E-state index >= 15 is 0 Å². The summed E-state index contributed by atoms with van der Waals surface area (Å²) < 4.78 is 1.89. The van der Waals surface area contributed by atoms with Gasteiger partial charge in [-0.25, -0.2) is 0 Å². The molecule has 5 heteroatoms. The van der Waals surface area contributed by atoms with Gasteiger partial charge < -0.3 is 10.0 Å². The molecule has 0 aliphatic rings. The van der Waals surface area contributed by atoms with Gasteiger partial charge in [-0.1, -0.05) is 30.3 Å². The SMILES string of the molecule is CN(CCCc1cc(-c2ccccc2)n(C)n1)C(=O)C(C)(C)O. The van der Waals surface area contributed by atoms with Crippen LogP contribution in [0.5, 0.6) is 0 Å². The van der Waals surface area contributed by atoms with E-state index in [-0.39, 0.29) is 5.91 Å². The van der Waals surface area contributed by atoms with Gasteiger partial charge in [-0.15, -0.1) is 0 Å². The normalized spacial score (nSPS) is 11.5. The standard InChI is InChI=1S/C18H25N3O2/c1-18(2,23)17(22)20(3)12-8-11-15-13-16(21(4)19-15)14-9-6-5-7-10-14/h5-7,9-10,13,23H,8,11-12H2,1-4H3. The molecule has 0 saturated carbocycles. The van der Waals surface area contributed by atoms with Gasteiger partial charge in [-0.05, 0) is 38.3 Å². The lowest BCUT2D eigenvalue weighted by atomic mass is 10.1. The maximum atomic E-state index is 11.9. The van der Waals surface area contributed by atoms with E-state index < -0.39 is 5.60 Å². The molecule has 0 bridgehead atoms. The van der Waals surface area contributed by atoms with Gasteiger partial charge in [-0.2, -0.15) is 5.10 Å². The Morgan fingerprint density at radius 3 is 2.57 bits per heavy atom. The van der Waals surface area contributed by atoms with E-state index in [2.05, 4.69) is 23.3 Å². The number of hydrogen-bond donors (Lipinski definition) is 1. The van der Waals surface area contributed by atoms with Crippen molar-refractivity contribution in [1.82, 2.24) is 14.7 Å². The van der Waals surface area contributed by atoms with Crippen LogP contribution in [0.1, 0.15) is 26.0 Å². The van der Waals surface area contributed by atoms with Crippen LogP contribution >= 0.6 is 0 Å². The van der Waals surface area contributed by atoms with Crippen LogP contribution in [0.25, 0.3) is 11.3 Å². The summed E-state index contributed by atoms with van der Waals surface area (Å²) in [6, 6.07) is 12.2. The summed E-state index contributed by atoms with van der Waals surface area (Å²) in [5, 5.41) is 14.3. The Morgan fingerprint density at radius 1 is 1.30 bits per heavy atom. The Morgan fingerprint density at radius 2 is 1.96 bits per heavy atom. The molecule has 2 rings (SSSR count). The lowest BCUT2D eigenvalue weighted by Crippen LogP contribution is -2.43. The first-order chi connectivity index (χ1) is 10.8. The predicted molar refractivity (Wildman–Crippen MR) is 90.9 cm³/mol.